The van der Waals surface area contributed by atoms with Crippen molar-refractivity contribution in [1.29, 1.82) is 0 Å². The number of anilines is 2. The first-order valence-corrected chi connectivity index (χ1v) is 6.75. The monoisotopic (exact) mass is 279 g/mol. The second-order valence-electron chi connectivity index (χ2n) is 4.75. The summed E-state index contributed by atoms with van der Waals surface area (Å²) in [5.41, 5.74) is 3.16. The highest BCUT2D eigenvalue weighted by atomic mass is 16.5. The first-order valence-electron chi connectivity index (χ1n) is 6.75. The van der Waals surface area contributed by atoms with Gasteiger partial charge in [-0.2, -0.15) is 5.21 Å². The Kier molecular flexibility index (Phi) is 2.77. The largest absolute Gasteiger partial charge is 0.490 e. The lowest BCUT2D eigenvalue weighted by Crippen LogP contribution is -2.28. The van der Waals surface area contributed by atoms with E-state index in [4.69, 9.17) is 4.74 Å². The number of ether oxygens (including phenoxy) is 1. The number of rotatable bonds is 2. The van der Waals surface area contributed by atoms with Crippen molar-refractivity contribution in [2.45, 2.75) is 0 Å². The van der Waals surface area contributed by atoms with Crippen LogP contribution >= 0.6 is 0 Å². The van der Waals surface area contributed by atoms with Gasteiger partial charge < -0.3 is 9.64 Å². The fourth-order valence-corrected chi connectivity index (χ4v) is 2.51. The molecule has 2 aromatic carbocycles. The Bertz CT molecular complexity index is 739. The summed E-state index contributed by atoms with van der Waals surface area (Å²) in [5, 5.41) is 14.0. The highest BCUT2D eigenvalue weighted by molar-refractivity contribution is 5.71. The molecule has 104 valence electrons. The summed E-state index contributed by atoms with van der Waals surface area (Å²) in [6.45, 7) is 1.52. The number of fused-ring (bicyclic) bond motifs is 1. The standard InChI is InChI=1S/C15H13N5O/c1-2-4-14-13(3-1)20(9-10-21-14)12-7-5-11(6-8-12)15-16-18-19-17-15/h1-8H,9-10H2,(H,16,17,18,19). The first kappa shape index (κ1) is 11.9. The van der Waals surface area contributed by atoms with Crippen LogP contribution < -0.4 is 9.64 Å². The van der Waals surface area contributed by atoms with E-state index in [2.05, 4.69) is 43.7 Å². The fourth-order valence-electron chi connectivity index (χ4n) is 2.51. The van der Waals surface area contributed by atoms with Crippen molar-refractivity contribution < 1.29 is 4.74 Å². The zero-order chi connectivity index (χ0) is 14.1. The zero-order valence-electron chi connectivity index (χ0n) is 11.2. The van der Waals surface area contributed by atoms with Crippen LogP contribution in [0, 0.1) is 0 Å². The number of nitrogens with one attached hydrogen (secondary N) is 1. The van der Waals surface area contributed by atoms with Gasteiger partial charge in [-0.1, -0.05) is 12.1 Å². The average Bonchev–Trinajstić information content (AvgIpc) is 3.09. The van der Waals surface area contributed by atoms with E-state index in [0.717, 1.165) is 29.2 Å². The molecule has 0 aliphatic carbocycles. The van der Waals surface area contributed by atoms with E-state index in [1.54, 1.807) is 0 Å². The Hall–Kier alpha value is -2.89. The topological polar surface area (TPSA) is 66.9 Å². The number of para-hydroxylation sites is 2. The second-order valence-corrected chi connectivity index (χ2v) is 4.75. The van der Waals surface area contributed by atoms with E-state index < -0.39 is 0 Å². The third-order valence-corrected chi connectivity index (χ3v) is 3.51. The first-order chi connectivity index (χ1) is 10.4. The van der Waals surface area contributed by atoms with E-state index >= 15 is 0 Å². The third-order valence-electron chi connectivity index (χ3n) is 3.51. The molecule has 0 unspecified atom stereocenters. The molecule has 0 saturated heterocycles. The minimum Gasteiger partial charge on any atom is -0.490 e. The molecule has 1 N–H and O–H groups in total. The number of hydrogen-bond donors (Lipinski definition) is 1. The molecular formula is C15H13N5O. The molecule has 1 aromatic heterocycles. The molecule has 1 aliphatic rings. The van der Waals surface area contributed by atoms with Crippen molar-refractivity contribution >= 4 is 11.4 Å². The van der Waals surface area contributed by atoms with Crippen LogP contribution in [0.2, 0.25) is 0 Å². The van der Waals surface area contributed by atoms with Gasteiger partial charge in [-0.3, -0.25) is 0 Å². The predicted molar refractivity (Wildman–Crippen MR) is 78.6 cm³/mol. The van der Waals surface area contributed by atoms with Crippen molar-refractivity contribution in [3.8, 4) is 17.1 Å². The van der Waals surface area contributed by atoms with Crippen LogP contribution in [0.3, 0.4) is 0 Å². The van der Waals surface area contributed by atoms with Crippen molar-refractivity contribution in [3.63, 3.8) is 0 Å². The van der Waals surface area contributed by atoms with Crippen LogP contribution in [-0.2, 0) is 0 Å². The lowest BCUT2D eigenvalue weighted by atomic mass is 10.1. The maximum absolute atomic E-state index is 5.68. The summed E-state index contributed by atoms with van der Waals surface area (Å²) in [6, 6.07) is 16.2. The Labute approximate surface area is 121 Å². The summed E-state index contributed by atoms with van der Waals surface area (Å²) in [6.07, 6.45) is 0. The smallest absolute Gasteiger partial charge is 0.204 e. The van der Waals surface area contributed by atoms with Gasteiger partial charge in [-0.05, 0) is 41.6 Å². The normalized spacial score (nSPS) is 13.6. The predicted octanol–water partition coefficient (Wildman–Crippen LogP) is 2.40. The van der Waals surface area contributed by atoms with E-state index in [1.165, 1.54) is 0 Å². The molecular weight excluding hydrogens is 266 g/mol. The Morgan fingerprint density at radius 2 is 1.90 bits per heavy atom. The average molecular weight is 279 g/mol. The van der Waals surface area contributed by atoms with Gasteiger partial charge in [0.05, 0.1) is 12.2 Å². The summed E-state index contributed by atoms with van der Waals surface area (Å²) >= 11 is 0. The maximum Gasteiger partial charge on any atom is 0.204 e. The molecule has 4 rings (SSSR count). The molecule has 1 aliphatic heterocycles. The van der Waals surface area contributed by atoms with Crippen LogP contribution in [0.15, 0.2) is 48.5 Å². The van der Waals surface area contributed by atoms with E-state index in [9.17, 15) is 0 Å². The third kappa shape index (κ3) is 2.10. The molecule has 0 fully saturated rings. The maximum atomic E-state index is 5.68. The number of H-pyrrole nitrogens is 1. The molecule has 0 amide bonds. The van der Waals surface area contributed by atoms with Crippen molar-refractivity contribution in [3.05, 3.63) is 48.5 Å². The number of aromatic amines is 1. The minimum absolute atomic E-state index is 0.601. The van der Waals surface area contributed by atoms with Crippen LogP contribution in [0.25, 0.3) is 11.4 Å². The van der Waals surface area contributed by atoms with Crippen molar-refractivity contribution in [1.82, 2.24) is 20.6 Å². The van der Waals surface area contributed by atoms with Crippen molar-refractivity contribution in [2.75, 3.05) is 18.1 Å². The minimum atomic E-state index is 0.601. The molecule has 0 saturated carbocycles. The van der Waals surface area contributed by atoms with Crippen LogP contribution in [0.1, 0.15) is 0 Å². The lowest BCUT2D eigenvalue weighted by molar-refractivity contribution is 0.314. The molecule has 0 spiro atoms. The van der Waals surface area contributed by atoms with Gasteiger partial charge in [0.15, 0.2) is 0 Å². The summed E-state index contributed by atoms with van der Waals surface area (Å²) in [4.78, 5) is 2.25. The summed E-state index contributed by atoms with van der Waals surface area (Å²) < 4.78 is 5.68. The molecule has 6 heteroatoms. The molecule has 0 bridgehead atoms. The number of hydrogen-bond acceptors (Lipinski definition) is 5. The quantitative estimate of drug-likeness (QED) is 0.780. The van der Waals surface area contributed by atoms with E-state index in [1.807, 2.05) is 30.3 Å². The van der Waals surface area contributed by atoms with E-state index in [0.29, 0.717) is 12.4 Å². The molecule has 2 heterocycles. The van der Waals surface area contributed by atoms with Gasteiger partial charge in [-0.25, -0.2) is 0 Å². The molecule has 0 radical (unpaired) electrons. The van der Waals surface area contributed by atoms with Crippen molar-refractivity contribution in [2.24, 2.45) is 0 Å². The number of nitrogens with zero attached hydrogens (tertiary/aromatic N) is 4. The van der Waals surface area contributed by atoms with Crippen LogP contribution in [0.5, 0.6) is 5.75 Å². The van der Waals surface area contributed by atoms with Gasteiger partial charge in [-0.15, -0.1) is 10.2 Å². The molecule has 21 heavy (non-hydrogen) atoms. The Balaban J connectivity index is 1.69. The van der Waals surface area contributed by atoms with Gasteiger partial charge in [0.25, 0.3) is 0 Å². The highest BCUT2D eigenvalue weighted by Crippen LogP contribution is 2.36. The summed E-state index contributed by atoms with van der Waals surface area (Å²) in [5.74, 6) is 1.52. The van der Waals surface area contributed by atoms with Crippen LogP contribution in [-0.4, -0.2) is 33.8 Å². The number of benzene rings is 2. The SMILES string of the molecule is c1ccc2c(c1)OCCN2c1ccc(-c2nn[nH]n2)cc1. The molecule has 6 nitrogen and oxygen atoms in total. The van der Waals surface area contributed by atoms with E-state index in [-0.39, 0.29) is 0 Å². The highest BCUT2D eigenvalue weighted by Gasteiger charge is 2.18. The molecule has 3 aromatic rings. The number of tetrazole rings is 1. The lowest BCUT2D eigenvalue weighted by Gasteiger charge is -2.31. The number of aromatic nitrogens is 4. The van der Waals surface area contributed by atoms with Crippen LogP contribution in [0.4, 0.5) is 11.4 Å². The van der Waals surface area contributed by atoms with Gasteiger partial charge >= 0.3 is 0 Å². The molecule has 0 atom stereocenters. The summed E-state index contributed by atoms with van der Waals surface area (Å²) in [7, 11) is 0. The fraction of sp³-hybridized carbons (Fsp3) is 0.133. The van der Waals surface area contributed by atoms with Gasteiger partial charge in [0.1, 0.15) is 12.4 Å². The van der Waals surface area contributed by atoms with Gasteiger partial charge in [0, 0.05) is 11.3 Å². The van der Waals surface area contributed by atoms with Gasteiger partial charge in [0.2, 0.25) is 5.82 Å². The zero-order valence-corrected chi connectivity index (χ0v) is 11.2. The Morgan fingerprint density at radius 1 is 1.05 bits per heavy atom. The Morgan fingerprint density at radius 3 is 2.71 bits per heavy atom. The second kappa shape index (κ2) is 4.90.